The number of ether oxygens (including phenoxy) is 2. The summed E-state index contributed by atoms with van der Waals surface area (Å²) in [6.07, 6.45) is 1.69. The molecule has 6 heteroatoms. The van der Waals surface area contributed by atoms with E-state index in [4.69, 9.17) is 15.2 Å². The van der Waals surface area contributed by atoms with Crippen LogP contribution in [0.1, 0.15) is 0 Å². The largest absolute Gasteiger partial charge is 0.497 e. The Kier molecular flexibility index (Phi) is 2.22. The van der Waals surface area contributed by atoms with Crippen molar-refractivity contribution in [2.45, 2.75) is 0 Å². The summed E-state index contributed by atoms with van der Waals surface area (Å²) < 4.78 is 10.6. The molecule has 1 aromatic carbocycles. The maximum absolute atomic E-state index is 5.76. The molecule has 0 aliphatic rings. The van der Waals surface area contributed by atoms with Gasteiger partial charge in [-0.15, -0.1) is 0 Å². The number of rotatable bonds is 2. The molecule has 92 valence electrons. The molecule has 6 nitrogen and oxygen atoms in total. The predicted octanol–water partition coefficient (Wildman–Crippen LogP) is 1.71. The third-order valence-electron chi connectivity index (χ3n) is 2.93. The van der Waals surface area contributed by atoms with Crippen LogP contribution in [0.15, 0.2) is 18.3 Å². The Morgan fingerprint density at radius 2 is 2.00 bits per heavy atom. The van der Waals surface area contributed by atoms with E-state index in [9.17, 15) is 0 Å². The van der Waals surface area contributed by atoms with E-state index < -0.39 is 0 Å². The summed E-state index contributed by atoms with van der Waals surface area (Å²) in [6, 6.07) is 3.67. The van der Waals surface area contributed by atoms with Crippen molar-refractivity contribution in [1.29, 1.82) is 0 Å². The van der Waals surface area contributed by atoms with Crippen LogP contribution in [-0.4, -0.2) is 29.4 Å². The molecule has 2 aromatic heterocycles. The van der Waals surface area contributed by atoms with Crippen molar-refractivity contribution in [3.63, 3.8) is 0 Å². The molecule has 3 N–H and O–H groups in total. The number of benzene rings is 1. The van der Waals surface area contributed by atoms with Crippen LogP contribution in [0.25, 0.3) is 21.8 Å². The molecular formula is C12H12N4O2. The molecule has 2 heterocycles. The van der Waals surface area contributed by atoms with Gasteiger partial charge in [-0.05, 0) is 6.07 Å². The number of H-pyrrole nitrogens is 1. The highest BCUT2D eigenvalue weighted by Gasteiger charge is 2.12. The molecule has 0 unspecified atom stereocenters. The minimum absolute atomic E-state index is 0.432. The Morgan fingerprint density at radius 3 is 2.72 bits per heavy atom. The highest BCUT2D eigenvalue weighted by atomic mass is 16.5. The normalized spacial score (nSPS) is 11.0. The lowest BCUT2D eigenvalue weighted by molar-refractivity contribution is 0.397. The number of nitrogen functional groups attached to an aromatic ring is 1. The molecule has 0 saturated carbocycles. The van der Waals surface area contributed by atoms with Gasteiger partial charge in [0.25, 0.3) is 0 Å². The van der Waals surface area contributed by atoms with Gasteiger partial charge in [-0.2, -0.15) is 5.10 Å². The van der Waals surface area contributed by atoms with Crippen molar-refractivity contribution in [3.05, 3.63) is 18.3 Å². The number of pyridine rings is 1. The fraction of sp³-hybridized carbons (Fsp3) is 0.167. The monoisotopic (exact) mass is 244 g/mol. The second kappa shape index (κ2) is 3.76. The number of nitrogens with zero attached hydrogens (tertiary/aromatic N) is 2. The van der Waals surface area contributed by atoms with Crippen molar-refractivity contribution in [2.24, 2.45) is 0 Å². The molecule has 3 rings (SSSR count). The number of aromatic amines is 1. The quantitative estimate of drug-likeness (QED) is 0.716. The molecule has 0 amide bonds. The van der Waals surface area contributed by atoms with Gasteiger partial charge < -0.3 is 15.2 Å². The first kappa shape index (κ1) is 10.6. The van der Waals surface area contributed by atoms with Gasteiger partial charge in [0.2, 0.25) is 0 Å². The van der Waals surface area contributed by atoms with Gasteiger partial charge in [-0.1, -0.05) is 0 Å². The van der Waals surface area contributed by atoms with E-state index in [2.05, 4.69) is 15.2 Å². The standard InChI is InChI=1S/C12H12N4O2/c1-17-6-3-7-10-8(12(13)16-15-10)5-14-11(7)9(4-6)18-2/h3-5H,1-2H3,(H3,13,15,16). The van der Waals surface area contributed by atoms with Crippen LogP contribution in [0.3, 0.4) is 0 Å². The lowest BCUT2D eigenvalue weighted by Gasteiger charge is -2.08. The second-order valence-corrected chi connectivity index (χ2v) is 3.88. The van der Waals surface area contributed by atoms with Gasteiger partial charge in [0, 0.05) is 17.6 Å². The van der Waals surface area contributed by atoms with E-state index in [-0.39, 0.29) is 0 Å². The zero-order chi connectivity index (χ0) is 12.7. The topological polar surface area (TPSA) is 86.1 Å². The fourth-order valence-electron chi connectivity index (χ4n) is 2.01. The maximum Gasteiger partial charge on any atom is 0.154 e. The van der Waals surface area contributed by atoms with Gasteiger partial charge in [0.05, 0.1) is 25.1 Å². The lowest BCUT2D eigenvalue weighted by atomic mass is 10.1. The highest BCUT2D eigenvalue weighted by Crippen LogP contribution is 2.34. The zero-order valence-electron chi connectivity index (χ0n) is 10.0. The second-order valence-electron chi connectivity index (χ2n) is 3.88. The Balaban J connectivity index is 2.48. The number of hydrogen-bond donors (Lipinski definition) is 2. The van der Waals surface area contributed by atoms with Crippen molar-refractivity contribution in [1.82, 2.24) is 15.2 Å². The summed E-state index contributed by atoms with van der Waals surface area (Å²) >= 11 is 0. The molecule has 0 fully saturated rings. The summed E-state index contributed by atoms with van der Waals surface area (Å²) in [5.41, 5.74) is 7.34. The number of fused-ring (bicyclic) bond motifs is 3. The number of nitrogens with one attached hydrogen (secondary N) is 1. The highest BCUT2D eigenvalue weighted by molar-refractivity contribution is 6.08. The van der Waals surface area contributed by atoms with Crippen molar-refractivity contribution >= 4 is 27.6 Å². The van der Waals surface area contributed by atoms with E-state index in [0.717, 1.165) is 21.8 Å². The van der Waals surface area contributed by atoms with E-state index in [0.29, 0.717) is 17.3 Å². The zero-order valence-corrected chi connectivity index (χ0v) is 10.0. The molecule has 3 aromatic rings. The van der Waals surface area contributed by atoms with Gasteiger partial charge in [0.1, 0.15) is 17.0 Å². The number of methoxy groups -OCH3 is 2. The van der Waals surface area contributed by atoms with E-state index >= 15 is 0 Å². The third-order valence-corrected chi connectivity index (χ3v) is 2.93. The van der Waals surface area contributed by atoms with E-state index in [1.54, 1.807) is 26.5 Å². The number of anilines is 1. The summed E-state index contributed by atoms with van der Waals surface area (Å²) in [7, 11) is 3.21. The molecule has 0 bridgehead atoms. The fourth-order valence-corrected chi connectivity index (χ4v) is 2.01. The van der Waals surface area contributed by atoms with Crippen molar-refractivity contribution in [3.8, 4) is 11.5 Å². The molecule has 0 saturated heterocycles. The van der Waals surface area contributed by atoms with Gasteiger partial charge >= 0.3 is 0 Å². The first-order valence-corrected chi connectivity index (χ1v) is 5.39. The first-order valence-electron chi connectivity index (χ1n) is 5.39. The van der Waals surface area contributed by atoms with Gasteiger partial charge in [-0.3, -0.25) is 10.1 Å². The molecule has 0 aliphatic carbocycles. The Morgan fingerprint density at radius 1 is 1.17 bits per heavy atom. The summed E-state index contributed by atoms with van der Waals surface area (Å²) in [4.78, 5) is 4.37. The summed E-state index contributed by atoms with van der Waals surface area (Å²) in [6.45, 7) is 0. The summed E-state index contributed by atoms with van der Waals surface area (Å²) in [5.74, 6) is 1.78. The minimum atomic E-state index is 0.432. The molecule has 0 aliphatic heterocycles. The average Bonchev–Trinajstić information content (AvgIpc) is 2.79. The average molecular weight is 244 g/mol. The lowest BCUT2D eigenvalue weighted by Crippen LogP contribution is -1.91. The number of hydrogen-bond acceptors (Lipinski definition) is 5. The van der Waals surface area contributed by atoms with Crippen molar-refractivity contribution in [2.75, 3.05) is 20.0 Å². The maximum atomic E-state index is 5.76. The predicted molar refractivity (Wildman–Crippen MR) is 68.9 cm³/mol. The van der Waals surface area contributed by atoms with E-state index in [1.807, 2.05) is 6.07 Å². The Bertz CT molecular complexity index is 736. The summed E-state index contributed by atoms with van der Waals surface area (Å²) in [5, 5.41) is 8.55. The van der Waals surface area contributed by atoms with Crippen LogP contribution >= 0.6 is 0 Å². The smallest absolute Gasteiger partial charge is 0.154 e. The van der Waals surface area contributed by atoms with Crippen LogP contribution in [0, 0.1) is 0 Å². The number of aromatic nitrogens is 3. The molecule has 0 spiro atoms. The van der Waals surface area contributed by atoms with E-state index in [1.165, 1.54) is 0 Å². The molecule has 0 radical (unpaired) electrons. The van der Waals surface area contributed by atoms with Crippen molar-refractivity contribution < 1.29 is 9.47 Å². The SMILES string of the molecule is COc1cc(OC)c2ncc3c(N)n[nH]c3c2c1. The van der Waals surface area contributed by atoms with Crippen LogP contribution in [0.4, 0.5) is 5.82 Å². The van der Waals surface area contributed by atoms with Crippen LogP contribution < -0.4 is 15.2 Å². The van der Waals surface area contributed by atoms with Gasteiger partial charge in [-0.25, -0.2) is 0 Å². The van der Waals surface area contributed by atoms with Crippen LogP contribution in [0.5, 0.6) is 11.5 Å². The van der Waals surface area contributed by atoms with Gasteiger partial charge in [0.15, 0.2) is 5.82 Å². The first-order chi connectivity index (χ1) is 8.74. The van der Waals surface area contributed by atoms with Crippen LogP contribution in [-0.2, 0) is 0 Å². The minimum Gasteiger partial charge on any atom is -0.497 e. The molecule has 0 atom stereocenters. The number of nitrogens with two attached hydrogens (primary N) is 1. The Hall–Kier alpha value is -2.50. The molecule has 18 heavy (non-hydrogen) atoms. The third kappa shape index (κ3) is 1.35. The Labute approximate surface area is 103 Å². The molecular weight excluding hydrogens is 232 g/mol. The van der Waals surface area contributed by atoms with Crippen LogP contribution in [0.2, 0.25) is 0 Å².